The van der Waals surface area contributed by atoms with Crippen molar-refractivity contribution in [3.05, 3.63) is 0 Å². The number of nitrogens with one attached hydrogen (secondary N) is 1. The lowest BCUT2D eigenvalue weighted by Crippen LogP contribution is -2.50. The van der Waals surface area contributed by atoms with Gasteiger partial charge < -0.3 is 15.2 Å². The van der Waals surface area contributed by atoms with Crippen LogP contribution in [0.2, 0.25) is 0 Å². The molecule has 19 heavy (non-hydrogen) atoms. The molecule has 2 aliphatic carbocycles. The number of aliphatic carboxylic acids is 1. The summed E-state index contributed by atoms with van der Waals surface area (Å²) in [5.74, 6) is -0.289. The monoisotopic (exact) mass is 269 g/mol. The summed E-state index contributed by atoms with van der Waals surface area (Å²) in [5, 5.41) is 12.3. The average Bonchev–Trinajstić information content (AvgIpc) is 2.57. The molecule has 2 aliphatic rings. The standard InChI is InChI=1S/C15H27NO3/c1-19-15(6-4-2-3-5-7-15)11-16-13-8-12(9-13)10-14(17)18/h12-13,16H,2-11H2,1H3,(H,17,18). The van der Waals surface area contributed by atoms with Crippen molar-refractivity contribution in [2.75, 3.05) is 13.7 Å². The smallest absolute Gasteiger partial charge is 0.303 e. The van der Waals surface area contributed by atoms with Gasteiger partial charge in [-0.1, -0.05) is 25.7 Å². The predicted octanol–water partition coefficient (Wildman–Crippen LogP) is 2.57. The lowest BCUT2D eigenvalue weighted by molar-refractivity contribution is -0.139. The molecule has 0 unspecified atom stereocenters. The van der Waals surface area contributed by atoms with Crippen molar-refractivity contribution in [3.8, 4) is 0 Å². The first-order chi connectivity index (χ1) is 9.13. The Labute approximate surface area is 115 Å². The van der Waals surface area contributed by atoms with E-state index in [1.165, 1.54) is 25.7 Å². The van der Waals surface area contributed by atoms with Crippen LogP contribution in [0, 0.1) is 5.92 Å². The summed E-state index contributed by atoms with van der Waals surface area (Å²) in [6, 6.07) is 0.500. The van der Waals surface area contributed by atoms with Gasteiger partial charge in [0.25, 0.3) is 0 Å². The minimum atomic E-state index is -0.666. The Morgan fingerprint density at radius 1 is 1.26 bits per heavy atom. The minimum absolute atomic E-state index is 0.0222. The largest absolute Gasteiger partial charge is 0.481 e. The Hall–Kier alpha value is -0.610. The molecule has 0 aliphatic heterocycles. The zero-order valence-electron chi connectivity index (χ0n) is 12.0. The molecule has 0 aromatic rings. The SMILES string of the molecule is COC1(CNC2CC(CC(=O)O)C2)CCCCCC1. The third-order valence-corrected chi connectivity index (χ3v) is 4.86. The topological polar surface area (TPSA) is 58.6 Å². The van der Waals surface area contributed by atoms with Crippen LogP contribution >= 0.6 is 0 Å². The number of ether oxygens (including phenoxy) is 1. The van der Waals surface area contributed by atoms with Crippen molar-refractivity contribution < 1.29 is 14.6 Å². The molecule has 4 heteroatoms. The van der Waals surface area contributed by atoms with E-state index in [0.717, 1.165) is 32.2 Å². The van der Waals surface area contributed by atoms with Crippen LogP contribution in [0.15, 0.2) is 0 Å². The second kappa shape index (κ2) is 6.71. The molecule has 0 spiro atoms. The molecular weight excluding hydrogens is 242 g/mol. The van der Waals surface area contributed by atoms with Gasteiger partial charge in [-0.05, 0) is 31.6 Å². The molecule has 2 saturated carbocycles. The van der Waals surface area contributed by atoms with Gasteiger partial charge in [-0.15, -0.1) is 0 Å². The van der Waals surface area contributed by atoms with Crippen molar-refractivity contribution in [2.24, 2.45) is 5.92 Å². The first kappa shape index (κ1) is 14.8. The summed E-state index contributed by atoms with van der Waals surface area (Å²) in [6.07, 6.45) is 9.84. The van der Waals surface area contributed by atoms with Crippen LogP contribution in [-0.4, -0.2) is 36.4 Å². The fourth-order valence-corrected chi connectivity index (χ4v) is 3.47. The highest BCUT2D eigenvalue weighted by molar-refractivity contribution is 5.67. The van der Waals surface area contributed by atoms with Gasteiger partial charge in [0.1, 0.15) is 0 Å². The van der Waals surface area contributed by atoms with Crippen molar-refractivity contribution in [1.82, 2.24) is 5.32 Å². The van der Waals surface area contributed by atoms with Gasteiger partial charge in [0.05, 0.1) is 5.60 Å². The molecular formula is C15H27NO3. The van der Waals surface area contributed by atoms with Crippen LogP contribution in [0.4, 0.5) is 0 Å². The second-order valence-electron chi connectivity index (χ2n) is 6.31. The number of rotatable bonds is 6. The van der Waals surface area contributed by atoms with Gasteiger partial charge in [0.2, 0.25) is 0 Å². The molecule has 0 bridgehead atoms. The number of carboxylic acid groups (broad SMARTS) is 1. The van der Waals surface area contributed by atoms with E-state index in [1.807, 2.05) is 7.11 Å². The van der Waals surface area contributed by atoms with Crippen LogP contribution in [-0.2, 0) is 9.53 Å². The lowest BCUT2D eigenvalue weighted by Gasteiger charge is -2.39. The number of methoxy groups -OCH3 is 1. The van der Waals surface area contributed by atoms with Crippen LogP contribution in [0.5, 0.6) is 0 Å². The maximum atomic E-state index is 10.6. The van der Waals surface area contributed by atoms with Gasteiger partial charge in [-0.2, -0.15) is 0 Å². The minimum Gasteiger partial charge on any atom is -0.481 e. The zero-order chi connectivity index (χ0) is 13.7. The molecule has 2 rings (SSSR count). The molecule has 0 radical (unpaired) electrons. The normalized spacial score (nSPS) is 30.4. The Morgan fingerprint density at radius 2 is 1.89 bits per heavy atom. The van der Waals surface area contributed by atoms with E-state index >= 15 is 0 Å². The third kappa shape index (κ3) is 4.18. The van der Waals surface area contributed by atoms with Gasteiger partial charge in [-0.3, -0.25) is 4.79 Å². The quantitative estimate of drug-likeness (QED) is 0.728. The summed E-state index contributed by atoms with van der Waals surface area (Å²) in [6.45, 7) is 0.925. The van der Waals surface area contributed by atoms with Crippen molar-refractivity contribution >= 4 is 5.97 Å². The first-order valence-electron chi connectivity index (χ1n) is 7.64. The summed E-state index contributed by atoms with van der Waals surface area (Å²) in [4.78, 5) is 10.6. The summed E-state index contributed by atoms with van der Waals surface area (Å²) < 4.78 is 5.81. The molecule has 4 nitrogen and oxygen atoms in total. The second-order valence-corrected chi connectivity index (χ2v) is 6.31. The maximum Gasteiger partial charge on any atom is 0.303 e. The van der Waals surface area contributed by atoms with E-state index < -0.39 is 5.97 Å². The molecule has 0 saturated heterocycles. The number of carbonyl (C=O) groups is 1. The van der Waals surface area contributed by atoms with Gasteiger partial charge in [0.15, 0.2) is 0 Å². The average molecular weight is 269 g/mol. The maximum absolute atomic E-state index is 10.6. The van der Waals surface area contributed by atoms with Gasteiger partial charge in [0, 0.05) is 26.1 Å². The van der Waals surface area contributed by atoms with Crippen LogP contribution in [0.25, 0.3) is 0 Å². The van der Waals surface area contributed by atoms with Gasteiger partial charge >= 0.3 is 5.97 Å². The van der Waals surface area contributed by atoms with E-state index in [-0.39, 0.29) is 5.60 Å². The molecule has 0 aromatic carbocycles. The zero-order valence-corrected chi connectivity index (χ0v) is 12.0. The molecule has 0 heterocycles. The highest BCUT2D eigenvalue weighted by atomic mass is 16.5. The lowest BCUT2D eigenvalue weighted by atomic mass is 9.78. The molecule has 2 N–H and O–H groups in total. The molecule has 0 aromatic heterocycles. The van der Waals surface area contributed by atoms with E-state index in [0.29, 0.717) is 18.4 Å². The number of hydrogen-bond acceptors (Lipinski definition) is 3. The summed E-state index contributed by atoms with van der Waals surface area (Å²) in [7, 11) is 1.83. The van der Waals surface area contributed by atoms with Crippen molar-refractivity contribution in [3.63, 3.8) is 0 Å². The molecule has 0 amide bonds. The molecule has 0 atom stereocenters. The van der Waals surface area contributed by atoms with E-state index in [9.17, 15) is 4.79 Å². The van der Waals surface area contributed by atoms with E-state index in [4.69, 9.17) is 9.84 Å². The highest BCUT2D eigenvalue weighted by Gasteiger charge is 2.35. The van der Waals surface area contributed by atoms with Gasteiger partial charge in [-0.25, -0.2) is 0 Å². The van der Waals surface area contributed by atoms with Crippen LogP contribution in [0.1, 0.15) is 57.8 Å². The van der Waals surface area contributed by atoms with E-state index in [2.05, 4.69) is 5.32 Å². The highest BCUT2D eigenvalue weighted by Crippen LogP contribution is 2.33. The van der Waals surface area contributed by atoms with Crippen LogP contribution in [0.3, 0.4) is 0 Å². The Kier molecular flexibility index (Phi) is 5.22. The Balaban J connectivity index is 1.70. The molecule has 2 fully saturated rings. The van der Waals surface area contributed by atoms with Crippen molar-refractivity contribution in [1.29, 1.82) is 0 Å². The predicted molar refractivity (Wildman–Crippen MR) is 74.2 cm³/mol. The fraction of sp³-hybridized carbons (Fsp3) is 0.933. The van der Waals surface area contributed by atoms with E-state index in [1.54, 1.807) is 0 Å². The number of carboxylic acids is 1. The summed E-state index contributed by atoms with van der Waals surface area (Å²) >= 11 is 0. The van der Waals surface area contributed by atoms with Crippen LogP contribution < -0.4 is 5.32 Å². The summed E-state index contributed by atoms with van der Waals surface area (Å²) in [5.41, 5.74) is 0.0222. The first-order valence-corrected chi connectivity index (χ1v) is 7.64. The number of hydrogen-bond donors (Lipinski definition) is 2. The Bertz CT molecular complexity index is 292. The third-order valence-electron chi connectivity index (χ3n) is 4.86. The Morgan fingerprint density at radius 3 is 2.42 bits per heavy atom. The fourth-order valence-electron chi connectivity index (χ4n) is 3.47. The van der Waals surface area contributed by atoms with Crippen molar-refractivity contribution in [2.45, 2.75) is 69.4 Å². The molecule has 110 valence electrons.